The van der Waals surface area contributed by atoms with E-state index in [1.165, 1.54) is 24.8 Å². The molecule has 0 saturated heterocycles. The Balaban J connectivity index is 1.56. The van der Waals surface area contributed by atoms with E-state index in [4.69, 9.17) is 14.6 Å². The second kappa shape index (κ2) is 7.86. The zero-order chi connectivity index (χ0) is 20.9. The molecule has 1 fully saturated rings. The molecule has 2 aromatic rings. The highest BCUT2D eigenvalue weighted by molar-refractivity contribution is 9.11. The fourth-order valence-electron chi connectivity index (χ4n) is 5.13. The van der Waals surface area contributed by atoms with E-state index in [0.717, 1.165) is 56.9 Å². The molecule has 6 heteroatoms. The molecule has 1 saturated carbocycles. The van der Waals surface area contributed by atoms with Crippen molar-refractivity contribution >= 4 is 37.6 Å². The predicted octanol–water partition coefficient (Wildman–Crippen LogP) is 7.06. The van der Waals surface area contributed by atoms with Gasteiger partial charge in [-0.3, -0.25) is 0 Å². The number of hydrazone groups is 1. The van der Waals surface area contributed by atoms with Gasteiger partial charge in [0.15, 0.2) is 5.72 Å². The first-order valence-electron chi connectivity index (χ1n) is 10.7. The number of hydrogen-bond acceptors (Lipinski definition) is 4. The van der Waals surface area contributed by atoms with Crippen molar-refractivity contribution in [2.75, 3.05) is 7.11 Å². The normalized spacial score (nSPS) is 27.3. The Morgan fingerprint density at radius 3 is 2.57 bits per heavy atom. The minimum absolute atomic E-state index is 0.192. The van der Waals surface area contributed by atoms with Gasteiger partial charge in [0.2, 0.25) is 0 Å². The molecule has 0 N–H and O–H groups in total. The van der Waals surface area contributed by atoms with E-state index in [-0.39, 0.29) is 11.8 Å². The largest absolute Gasteiger partial charge is 0.497 e. The molecule has 3 aliphatic rings. The third kappa shape index (κ3) is 3.36. The van der Waals surface area contributed by atoms with Gasteiger partial charge in [0.25, 0.3) is 0 Å². The summed E-state index contributed by atoms with van der Waals surface area (Å²) in [4.78, 5) is 0. The fourth-order valence-corrected chi connectivity index (χ4v) is 6.47. The average Bonchev–Trinajstić information content (AvgIpc) is 3.22. The molecule has 0 unspecified atom stereocenters. The first-order valence-corrected chi connectivity index (χ1v) is 12.3. The van der Waals surface area contributed by atoms with Gasteiger partial charge in [-0.25, -0.2) is 5.01 Å². The van der Waals surface area contributed by atoms with Crippen LogP contribution in [-0.2, 0) is 0 Å². The molecular weight excluding hydrogens is 508 g/mol. The van der Waals surface area contributed by atoms with Gasteiger partial charge in [0, 0.05) is 29.3 Å². The number of rotatable bonds is 3. The van der Waals surface area contributed by atoms with Crippen LogP contribution in [0.2, 0.25) is 0 Å². The highest BCUT2D eigenvalue weighted by Crippen LogP contribution is 2.54. The van der Waals surface area contributed by atoms with Gasteiger partial charge in [-0.05, 0) is 76.7 Å². The average molecular weight is 534 g/mol. The van der Waals surface area contributed by atoms with E-state index in [1.54, 1.807) is 7.11 Å². The van der Waals surface area contributed by atoms with Crippen molar-refractivity contribution in [3.63, 3.8) is 0 Å². The zero-order valence-corrected chi connectivity index (χ0v) is 20.5. The number of methoxy groups -OCH3 is 1. The van der Waals surface area contributed by atoms with Crippen LogP contribution in [0.25, 0.3) is 0 Å². The van der Waals surface area contributed by atoms with E-state index in [2.05, 4.69) is 68.1 Å². The highest BCUT2D eigenvalue weighted by Gasteiger charge is 2.52. The minimum atomic E-state index is -0.353. The van der Waals surface area contributed by atoms with Gasteiger partial charge in [-0.15, -0.1) is 0 Å². The lowest BCUT2D eigenvalue weighted by Gasteiger charge is -2.51. The quantitative estimate of drug-likeness (QED) is 0.423. The van der Waals surface area contributed by atoms with Crippen molar-refractivity contribution < 1.29 is 9.47 Å². The van der Waals surface area contributed by atoms with Crippen LogP contribution >= 0.6 is 31.9 Å². The highest BCUT2D eigenvalue weighted by atomic mass is 79.9. The number of nitrogens with zero attached hydrogens (tertiary/aromatic N) is 2. The molecule has 1 spiro atoms. The third-order valence-corrected chi connectivity index (χ3v) is 7.95. The topological polar surface area (TPSA) is 34.1 Å². The van der Waals surface area contributed by atoms with Crippen molar-refractivity contribution in [1.82, 2.24) is 5.01 Å². The second-order valence-corrected chi connectivity index (χ2v) is 10.3. The molecule has 0 aromatic heterocycles. The molecule has 4 nitrogen and oxygen atoms in total. The fraction of sp³-hybridized carbons (Fsp3) is 0.458. The summed E-state index contributed by atoms with van der Waals surface area (Å²) in [6.07, 6.45) is 6.54. The van der Waals surface area contributed by atoms with Crippen LogP contribution in [0.4, 0.5) is 0 Å². The van der Waals surface area contributed by atoms with Crippen molar-refractivity contribution in [3.8, 4) is 11.5 Å². The lowest BCUT2D eigenvalue weighted by molar-refractivity contribution is -0.147. The van der Waals surface area contributed by atoms with Crippen molar-refractivity contribution in [1.29, 1.82) is 0 Å². The second-order valence-electron chi connectivity index (χ2n) is 8.55. The van der Waals surface area contributed by atoms with E-state index in [1.807, 2.05) is 12.1 Å². The lowest BCUT2D eigenvalue weighted by Crippen LogP contribution is -2.55. The third-order valence-electron chi connectivity index (χ3n) is 6.90. The summed E-state index contributed by atoms with van der Waals surface area (Å²) in [5.74, 6) is 2.65. The number of fused-ring (bicyclic) bond motifs is 4. The van der Waals surface area contributed by atoms with Crippen LogP contribution < -0.4 is 9.47 Å². The Morgan fingerprint density at radius 1 is 1.17 bits per heavy atom. The number of benzene rings is 2. The summed E-state index contributed by atoms with van der Waals surface area (Å²) in [7, 11) is 1.70. The molecule has 5 rings (SSSR count). The van der Waals surface area contributed by atoms with Crippen LogP contribution in [0.1, 0.15) is 62.6 Å². The van der Waals surface area contributed by atoms with Crippen molar-refractivity contribution in [2.24, 2.45) is 11.0 Å². The molecule has 2 aromatic carbocycles. The number of hydrogen-bond donors (Lipinski definition) is 0. The smallest absolute Gasteiger partial charge is 0.198 e. The van der Waals surface area contributed by atoms with Gasteiger partial charge >= 0.3 is 0 Å². The summed E-state index contributed by atoms with van der Waals surface area (Å²) in [6.45, 7) is 2.30. The van der Waals surface area contributed by atoms with Crippen LogP contribution in [0.3, 0.4) is 0 Å². The zero-order valence-electron chi connectivity index (χ0n) is 17.3. The van der Waals surface area contributed by atoms with E-state index >= 15 is 0 Å². The molecule has 0 amide bonds. The van der Waals surface area contributed by atoms with Gasteiger partial charge in [-0.1, -0.05) is 29.3 Å². The molecule has 158 valence electrons. The Hall–Kier alpha value is -1.53. The molecule has 30 heavy (non-hydrogen) atoms. The van der Waals surface area contributed by atoms with Crippen molar-refractivity contribution in [2.45, 2.75) is 57.2 Å². The predicted molar refractivity (Wildman–Crippen MR) is 126 cm³/mol. The molecule has 1 atom stereocenters. The molecule has 1 aliphatic carbocycles. The first kappa shape index (κ1) is 20.4. The SMILES string of the molecule is CCC1CCC2(CC1)Oc1c(Br)cc(Br)cc1[C@@H]1CC(c3ccc(OC)cc3)=NN12. The van der Waals surface area contributed by atoms with E-state index in [9.17, 15) is 0 Å². The maximum absolute atomic E-state index is 6.80. The van der Waals surface area contributed by atoms with Crippen molar-refractivity contribution in [3.05, 3.63) is 56.5 Å². The number of ether oxygens (including phenoxy) is 2. The van der Waals surface area contributed by atoms with Crippen LogP contribution in [0, 0.1) is 5.92 Å². The lowest BCUT2D eigenvalue weighted by atomic mass is 9.80. The first-order chi connectivity index (χ1) is 14.5. The summed E-state index contributed by atoms with van der Waals surface area (Å²) in [5, 5.41) is 7.47. The van der Waals surface area contributed by atoms with Crippen LogP contribution in [-0.4, -0.2) is 23.6 Å². The standard InChI is InChI=1S/C24H26Br2N2O2/c1-3-15-8-10-24(11-9-15)28-22(19-12-17(25)13-20(26)23(19)30-24)14-21(27-28)16-4-6-18(29-2)7-5-16/h4-7,12-13,15,22H,3,8-11,14H2,1-2H3/t15?,22-,24?/m0/s1. The summed E-state index contributed by atoms with van der Waals surface area (Å²) < 4.78 is 14.2. The molecule has 2 heterocycles. The summed E-state index contributed by atoms with van der Waals surface area (Å²) in [6, 6.07) is 12.7. The molecular formula is C24H26Br2N2O2. The van der Waals surface area contributed by atoms with Crippen LogP contribution in [0.5, 0.6) is 11.5 Å². The van der Waals surface area contributed by atoms with Gasteiger partial charge < -0.3 is 9.47 Å². The van der Waals surface area contributed by atoms with E-state index < -0.39 is 0 Å². The van der Waals surface area contributed by atoms with Gasteiger partial charge in [0.1, 0.15) is 11.5 Å². The van der Waals surface area contributed by atoms with Gasteiger partial charge in [-0.2, -0.15) is 5.10 Å². The molecule has 0 radical (unpaired) electrons. The summed E-state index contributed by atoms with van der Waals surface area (Å²) in [5.41, 5.74) is 3.12. The maximum atomic E-state index is 6.80. The summed E-state index contributed by atoms with van der Waals surface area (Å²) >= 11 is 7.42. The Labute approximate surface area is 194 Å². The maximum Gasteiger partial charge on any atom is 0.198 e. The van der Waals surface area contributed by atoms with Gasteiger partial charge in [0.05, 0.1) is 23.3 Å². The molecule has 0 bridgehead atoms. The monoisotopic (exact) mass is 532 g/mol. The van der Waals surface area contributed by atoms with E-state index in [0.29, 0.717) is 0 Å². The van der Waals surface area contributed by atoms with Crippen LogP contribution in [0.15, 0.2) is 50.4 Å². The number of halogens is 2. The Kier molecular flexibility index (Phi) is 5.34. The molecule has 2 aliphatic heterocycles. The Morgan fingerprint density at radius 2 is 1.90 bits per heavy atom. The Bertz CT molecular complexity index is 981. The minimum Gasteiger partial charge on any atom is -0.497 e.